The van der Waals surface area contributed by atoms with E-state index in [1.165, 1.54) is 0 Å². The van der Waals surface area contributed by atoms with Gasteiger partial charge in [0, 0.05) is 13.1 Å². The van der Waals surface area contributed by atoms with Crippen LogP contribution in [-0.4, -0.2) is 47.5 Å². The molecule has 3 unspecified atom stereocenters. The highest BCUT2D eigenvalue weighted by Gasteiger charge is 2.37. The molecule has 0 aliphatic carbocycles. The first kappa shape index (κ1) is 31.5. The zero-order chi connectivity index (χ0) is 27.1. The fraction of sp³-hybridized carbons (Fsp3) is 0.690. The summed E-state index contributed by atoms with van der Waals surface area (Å²) in [4.78, 5) is 42.0. The highest BCUT2D eigenvalue weighted by atomic mass is 16.6. The van der Waals surface area contributed by atoms with Crippen molar-refractivity contribution in [1.82, 2.24) is 15.5 Å². The number of benzene rings is 1. The Bertz CT molecular complexity index is 791. The topological polar surface area (TPSA) is 87.7 Å². The summed E-state index contributed by atoms with van der Waals surface area (Å²) in [5, 5.41) is 5.87. The van der Waals surface area contributed by atoms with Crippen molar-refractivity contribution in [2.24, 2.45) is 5.92 Å². The number of rotatable bonds is 15. The monoisotopic (exact) mass is 503 g/mol. The van der Waals surface area contributed by atoms with Gasteiger partial charge in [-0.15, -0.1) is 0 Å². The van der Waals surface area contributed by atoms with Crippen molar-refractivity contribution >= 4 is 17.9 Å². The smallest absolute Gasteiger partial charge is 0.408 e. The average molecular weight is 504 g/mol. The number of hydrogen-bond acceptors (Lipinski definition) is 4. The normalized spacial score (nSPS) is 13.9. The van der Waals surface area contributed by atoms with E-state index in [2.05, 4.69) is 24.5 Å². The molecule has 2 N–H and O–H groups in total. The number of nitrogens with zero attached hydrogens (tertiary/aromatic N) is 1. The van der Waals surface area contributed by atoms with Gasteiger partial charge >= 0.3 is 6.09 Å². The van der Waals surface area contributed by atoms with Gasteiger partial charge in [-0.05, 0) is 45.1 Å². The minimum Gasteiger partial charge on any atom is -0.444 e. The van der Waals surface area contributed by atoms with Crippen molar-refractivity contribution in [3.63, 3.8) is 0 Å². The van der Waals surface area contributed by atoms with Crippen LogP contribution in [0, 0.1) is 5.92 Å². The molecule has 3 atom stereocenters. The Balaban J connectivity index is 3.37. The second-order valence-corrected chi connectivity index (χ2v) is 10.6. The first-order valence-electron chi connectivity index (χ1n) is 13.7. The van der Waals surface area contributed by atoms with Crippen LogP contribution < -0.4 is 10.6 Å². The molecule has 3 amide bonds. The maximum atomic E-state index is 14.1. The summed E-state index contributed by atoms with van der Waals surface area (Å²) >= 11 is 0. The van der Waals surface area contributed by atoms with Gasteiger partial charge in [0.15, 0.2) is 0 Å². The van der Waals surface area contributed by atoms with E-state index in [-0.39, 0.29) is 17.7 Å². The standard InChI is InChI=1S/C29H49N3O4/c1-8-11-16-20-30-26(33)25(23-18-14-13-15-19-23)32(21-17-12-9-2)27(34)24(22(4)10-3)31-28(35)36-29(5,6)7/h13-15,18-19,22,24-25H,8-12,16-17,20-21H2,1-7H3,(H,30,33)(H,31,35). The number of nitrogens with one attached hydrogen (secondary N) is 2. The van der Waals surface area contributed by atoms with Crippen molar-refractivity contribution in [3.05, 3.63) is 35.9 Å². The molecule has 0 saturated heterocycles. The van der Waals surface area contributed by atoms with Gasteiger partial charge in [-0.1, -0.05) is 90.1 Å². The molecule has 7 heteroatoms. The van der Waals surface area contributed by atoms with Crippen molar-refractivity contribution < 1.29 is 19.1 Å². The van der Waals surface area contributed by atoms with Crippen LogP contribution in [0.1, 0.15) is 105 Å². The third-order valence-electron chi connectivity index (χ3n) is 6.19. The molecule has 0 aliphatic rings. The number of hydrogen-bond donors (Lipinski definition) is 2. The van der Waals surface area contributed by atoms with Crippen LogP contribution in [0.25, 0.3) is 0 Å². The Morgan fingerprint density at radius 2 is 1.56 bits per heavy atom. The zero-order valence-electron chi connectivity index (χ0n) is 23.6. The van der Waals surface area contributed by atoms with E-state index >= 15 is 0 Å². The fourth-order valence-electron chi connectivity index (χ4n) is 3.99. The Labute approximate surface area is 218 Å². The molecule has 1 rings (SSSR count). The van der Waals surface area contributed by atoms with Crippen LogP contribution in [0.4, 0.5) is 4.79 Å². The molecule has 204 valence electrons. The van der Waals surface area contributed by atoms with Crippen molar-refractivity contribution in [1.29, 1.82) is 0 Å². The third-order valence-corrected chi connectivity index (χ3v) is 6.19. The zero-order valence-corrected chi connectivity index (χ0v) is 23.6. The van der Waals surface area contributed by atoms with Gasteiger partial charge in [0.1, 0.15) is 17.7 Å². The maximum absolute atomic E-state index is 14.1. The molecule has 7 nitrogen and oxygen atoms in total. The van der Waals surface area contributed by atoms with Gasteiger partial charge in [-0.25, -0.2) is 4.79 Å². The van der Waals surface area contributed by atoms with Crippen LogP contribution in [0.5, 0.6) is 0 Å². The van der Waals surface area contributed by atoms with E-state index < -0.39 is 23.8 Å². The summed E-state index contributed by atoms with van der Waals surface area (Å²) < 4.78 is 5.46. The van der Waals surface area contributed by atoms with Gasteiger partial charge in [0.2, 0.25) is 11.8 Å². The fourth-order valence-corrected chi connectivity index (χ4v) is 3.99. The minimum absolute atomic E-state index is 0.136. The molecule has 0 saturated carbocycles. The van der Waals surface area contributed by atoms with Crippen LogP contribution >= 0.6 is 0 Å². The van der Waals surface area contributed by atoms with Crippen molar-refractivity contribution in [2.45, 2.75) is 111 Å². The molecule has 0 spiro atoms. The largest absolute Gasteiger partial charge is 0.444 e. The van der Waals surface area contributed by atoms with E-state index in [9.17, 15) is 14.4 Å². The molecule has 0 aromatic heterocycles. The number of carbonyl (C=O) groups excluding carboxylic acids is 3. The number of amides is 3. The van der Waals surface area contributed by atoms with Crippen molar-refractivity contribution in [2.75, 3.05) is 13.1 Å². The van der Waals surface area contributed by atoms with E-state index in [1.807, 2.05) is 44.2 Å². The predicted molar refractivity (Wildman–Crippen MR) is 146 cm³/mol. The molecule has 0 fully saturated rings. The van der Waals surface area contributed by atoms with Gasteiger partial charge in [-0.2, -0.15) is 0 Å². The third kappa shape index (κ3) is 11.0. The maximum Gasteiger partial charge on any atom is 0.408 e. The summed E-state index contributed by atoms with van der Waals surface area (Å²) in [5.41, 5.74) is 0.0781. The average Bonchev–Trinajstić information content (AvgIpc) is 2.83. The van der Waals surface area contributed by atoms with E-state index in [4.69, 9.17) is 4.74 Å². The Kier molecular flexibility index (Phi) is 14.2. The summed E-state index contributed by atoms with van der Waals surface area (Å²) in [6, 6.07) is 7.86. The quantitative estimate of drug-likeness (QED) is 0.288. The molecule has 36 heavy (non-hydrogen) atoms. The summed E-state index contributed by atoms with van der Waals surface area (Å²) in [6.45, 7) is 14.5. The lowest BCUT2D eigenvalue weighted by Crippen LogP contribution is -2.55. The van der Waals surface area contributed by atoms with Gasteiger partial charge in [-0.3, -0.25) is 9.59 Å². The summed E-state index contributed by atoms with van der Waals surface area (Å²) in [5.74, 6) is -0.589. The SMILES string of the molecule is CCCCCNC(=O)C(c1ccccc1)N(CCCCC)C(=O)C(NC(=O)OC(C)(C)C)C(C)CC. The minimum atomic E-state index is -0.800. The summed E-state index contributed by atoms with van der Waals surface area (Å²) in [6.07, 6.45) is 5.75. The molecule has 0 radical (unpaired) electrons. The second-order valence-electron chi connectivity index (χ2n) is 10.6. The lowest BCUT2D eigenvalue weighted by Gasteiger charge is -2.36. The molecule has 1 aromatic carbocycles. The van der Waals surface area contributed by atoms with E-state index in [1.54, 1.807) is 25.7 Å². The summed E-state index contributed by atoms with van der Waals surface area (Å²) in [7, 11) is 0. The van der Waals surface area contributed by atoms with Crippen LogP contribution in [0.3, 0.4) is 0 Å². The molecule has 0 aliphatic heterocycles. The van der Waals surface area contributed by atoms with Gasteiger partial charge in [0.05, 0.1) is 0 Å². The highest BCUT2D eigenvalue weighted by Crippen LogP contribution is 2.25. The number of carbonyl (C=O) groups is 3. The second kappa shape index (κ2) is 16.2. The van der Waals surface area contributed by atoms with Crippen molar-refractivity contribution in [3.8, 4) is 0 Å². The van der Waals surface area contributed by atoms with E-state index in [0.29, 0.717) is 19.5 Å². The Morgan fingerprint density at radius 3 is 2.11 bits per heavy atom. The molecule has 0 bridgehead atoms. The Morgan fingerprint density at radius 1 is 0.944 bits per heavy atom. The predicted octanol–water partition coefficient (Wildman–Crippen LogP) is 5.99. The number of alkyl carbamates (subject to hydrolysis) is 1. The molecular formula is C29H49N3O4. The van der Waals surface area contributed by atoms with Crippen LogP contribution in [0.15, 0.2) is 30.3 Å². The molecular weight excluding hydrogens is 454 g/mol. The lowest BCUT2D eigenvalue weighted by molar-refractivity contribution is -0.143. The van der Waals surface area contributed by atoms with Gasteiger partial charge in [0.25, 0.3) is 0 Å². The number of unbranched alkanes of at least 4 members (excludes halogenated alkanes) is 4. The molecule has 0 heterocycles. The van der Waals surface area contributed by atoms with E-state index in [0.717, 1.165) is 44.1 Å². The van der Waals surface area contributed by atoms with Gasteiger partial charge < -0.3 is 20.3 Å². The Hall–Kier alpha value is -2.57. The highest BCUT2D eigenvalue weighted by molar-refractivity contribution is 5.92. The number of ether oxygens (including phenoxy) is 1. The van der Waals surface area contributed by atoms with Crippen LogP contribution in [-0.2, 0) is 14.3 Å². The lowest BCUT2D eigenvalue weighted by atomic mass is 9.95. The van der Waals surface area contributed by atoms with Crippen LogP contribution in [0.2, 0.25) is 0 Å². The first-order chi connectivity index (χ1) is 17.1. The first-order valence-corrected chi connectivity index (χ1v) is 13.7. The molecule has 1 aromatic rings.